The number of methoxy groups -OCH3 is 1. The second-order valence-corrected chi connectivity index (χ2v) is 5.17. The van der Waals surface area contributed by atoms with Crippen LogP contribution in [0.1, 0.15) is 16.8 Å². The number of nitrogens with zero attached hydrogens (tertiary/aromatic N) is 1. The molecule has 0 spiro atoms. The van der Waals surface area contributed by atoms with Crippen molar-refractivity contribution in [1.82, 2.24) is 4.57 Å². The molecule has 6 heteroatoms. The number of aromatic carboxylic acids is 1. The molecule has 2 aromatic heterocycles. The van der Waals surface area contributed by atoms with Gasteiger partial charge in [-0.1, -0.05) is 6.07 Å². The van der Waals surface area contributed by atoms with Gasteiger partial charge in [-0.05, 0) is 30.0 Å². The van der Waals surface area contributed by atoms with Crippen molar-refractivity contribution in [1.29, 1.82) is 0 Å². The molecule has 1 N–H and O–H groups in total. The summed E-state index contributed by atoms with van der Waals surface area (Å²) in [4.78, 5) is 24.3. The van der Waals surface area contributed by atoms with Crippen molar-refractivity contribution in [2.45, 2.75) is 13.0 Å². The summed E-state index contributed by atoms with van der Waals surface area (Å²) in [6.07, 6.45) is 0.651. The molecule has 5 nitrogen and oxygen atoms in total. The third-order valence-electron chi connectivity index (χ3n) is 2.91. The minimum absolute atomic E-state index is 0.206. The van der Waals surface area contributed by atoms with Crippen LogP contribution < -0.4 is 5.56 Å². The molecular formula is C14H15NO4S. The van der Waals surface area contributed by atoms with Crippen molar-refractivity contribution in [3.05, 3.63) is 45.6 Å². The summed E-state index contributed by atoms with van der Waals surface area (Å²) in [7, 11) is 1.59. The Balaban J connectivity index is 2.48. The smallest absolute Gasteiger partial charge is 0.341 e. The molecule has 0 aliphatic heterocycles. The van der Waals surface area contributed by atoms with E-state index in [4.69, 9.17) is 9.84 Å². The lowest BCUT2D eigenvalue weighted by atomic mass is 10.2. The van der Waals surface area contributed by atoms with E-state index in [1.165, 1.54) is 22.0 Å². The van der Waals surface area contributed by atoms with Gasteiger partial charge < -0.3 is 14.4 Å². The first-order chi connectivity index (χ1) is 9.65. The van der Waals surface area contributed by atoms with Crippen LogP contribution in [0.15, 0.2) is 34.4 Å². The molecule has 20 heavy (non-hydrogen) atoms. The van der Waals surface area contributed by atoms with E-state index in [0.717, 1.165) is 10.6 Å². The van der Waals surface area contributed by atoms with Gasteiger partial charge in [-0.2, -0.15) is 0 Å². The van der Waals surface area contributed by atoms with Crippen molar-refractivity contribution in [3.8, 4) is 10.6 Å². The van der Waals surface area contributed by atoms with Crippen LogP contribution in [-0.4, -0.2) is 29.4 Å². The first kappa shape index (κ1) is 14.5. The standard InChI is InChI=1S/C14H15NO4S/c1-19-8-3-7-15-11(12-4-2-9-20-12)6-5-10(13(15)16)14(17)18/h2,4-6,9H,3,7-8H2,1H3,(H,17,18). The van der Waals surface area contributed by atoms with Gasteiger partial charge in [0.25, 0.3) is 5.56 Å². The molecule has 0 saturated heterocycles. The number of pyridine rings is 1. The van der Waals surface area contributed by atoms with Gasteiger partial charge in [0, 0.05) is 20.3 Å². The predicted octanol–water partition coefficient (Wildman–Crippen LogP) is 2.31. The second kappa shape index (κ2) is 6.49. The fourth-order valence-electron chi connectivity index (χ4n) is 1.97. The Morgan fingerprint density at radius 1 is 1.40 bits per heavy atom. The van der Waals surface area contributed by atoms with Crippen LogP contribution in [-0.2, 0) is 11.3 Å². The number of carboxylic acid groups (broad SMARTS) is 1. The molecule has 0 fully saturated rings. The summed E-state index contributed by atoms with van der Waals surface area (Å²) >= 11 is 1.51. The highest BCUT2D eigenvalue weighted by atomic mass is 32.1. The lowest BCUT2D eigenvalue weighted by Crippen LogP contribution is -2.27. The van der Waals surface area contributed by atoms with Gasteiger partial charge in [0.15, 0.2) is 0 Å². The van der Waals surface area contributed by atoms with Crippen molar-refractivity contribution in [3.63, 3.8) is 0 Å². The summed E-state index contributed by atoms with van der Waals surface area (Å²) < 4.78 is 6.49. The SMILES string of the molecule is COCCCn1c(-c2cccs2)ccc(C(=O)O)c1=O. The second-order valence-electron chi connectivity index (χ2n) is 4.22. The molecule has 0 radical (unpaired) electrons. The summed E-state index contributed by atoms with van der Waals surface area (Å²) in [6.45, 7) is 0.953. The molecule has 0 saturated carbocycles. The third-order valence-corrected chi connectivity index (χ3v) is 3.80. The highest BCUT2D eigenvalue weighted by Crippen LogP contribution is 2.24. The van der Waals surface area contributed by atoms with Crippen LogP contribution in [0, 0.1) is 0 Å². The average Bonchev–Trinajstić information content (AvgIpc) is 2.94. The van der Waals surface area contributed by atoms with E-state index in [1.807, 2.05) is 17.5 Å². The molecule has 2 rings (SSSR count). The van der Waals surface area contributed by atoms with Gasteiger partial charge in [-0.15, -0.1) is 11.3 Å². The van der Waals surface area contributed by atoms with Crippen LogP contribution in [0.3, 0.4) is 0 Å². The normalized spacial score (nSPS) is 10.7. The fraction of sp³-hybridized carbons (Fsp3) is 0.286. The zero-order chi connectivity index (χ0) is 14.5. The molecule has 0 amide bonds. The molecular weight excluding hydrogens is 278 g/mol. The van der Waals surface area contributed by atoms with Crippen LogP contribution in [0.25, 0.3) is 10.6 Å². The summed E-state index contributed by atoms with van der Waals surface area (Å²) in [5, 5.41) is 11.0. The topological polar surface area (TPSA) is 68.5 Å². The van der Waals surface area contributed by atoms with Gasteiger partial charge in [0.05, 0.1) is 10.6 Å². The van der Waals surface area contributed by atoms with Gasteiger partial charge in [0.2, 0.25) is 0 Å². The van der Waals surface area contributed by atoms with Gasteiger partial charge in [-0.25, -0.2) is 4.79 Å². The number of hydrogen-bond acceptors (Lipinski definition) is 4. The lowest BCUT2D eigenvalue weighted by Gasteiger charge is -2.12. The van der Waals surface area contributed by atoms with E-state index in [0.29, 0.717) is 19.6 Å². The van der Waals surface area contributed by atoms with Crippen LogP contribution >= 0.6 is 11.3 Å². The summed E-state index contributed by atoms with van der Waals surface area (Å²) in [5.41, 5.74) is 0.0633. The Hall–Kier alpha value is -1.92. The number of hydrogen-bond donors (Lipinski definition) is 1. The van der Waals surface area contributed by atoms with E-state index < -0.39 is 11.5 Å². The van der Waals surface area contributed by atoms with Crippen molar-refractivity contribution in [2.75, 3.05) is 13.7 Å². The van der Waals surface area contributed by atoms with Crippen LogP contribution in [0.4, 0.5) is 0 Å². The van der Waals surface area contributed by atoms with Crippen LogP contribution in [0.5, 0.6) is 0 Å². The largest absolute Gasteiger partial charge is 0.477 e. The first-order valence-corrected chi connectivity index (χ1v) is 7.03. The third kappa shape index (κ3) is 2.97. The maximum absolute atomic E-state index is 12.3. The number of thiophene rings is 1. The molecule has 0 aromatic carbocycles. The molecule has 0 atom stereocenters. The van der Waals surface area contributed by atoms with Crippen molar-refractivity contribution < 1.29 is 14.6 Å². The number of carbonyl (C=O) groups is 1. The summed E-state index contributed by atoms with van der Waals surface area (Å²) in [5.74, 6) is -1.20. The average molecular weight is 293 g/mol. The van der Waals surface area contributed by atoms with E-state index in [2.05, 4.69) is 0 Å². The maximum atomic E-state index is 12.3. The Morgan fingerprint density at radius 3 is 2.80 bits per heavy atom. The highest BCUT2D eigenvalue weighted by molar-refractivity contribution is 7.13. The Morgan fingerprint density at radius 2 is 2.20 bits per heavy atom. The number of carboxylic acids is 1. The highest BCUT2D eigenvalue weighted by Gasteiger charge is 2.15. The Labute approximate surface area is 120 Å². The van der Waals surface area contributed by atoms with Gasteiger partial charge in [0.1, 0.15) is 5.56 Å². The monoisotopic (exact) mass is 293 g/mol. The first-order valence-electron chi connectivity index (χ1n) is 6.15. The molecule has 0 unspecified atom stereocenters. The van der Waals surface area contributed by atoms with Crippen LogP contribution in [0.2, 0.25) is 0 Å². The molecule has 0 aliphatic carbocycles. The quantitative estimate of drug-likeness (QED) is 0.830. The van der Waals surface area contributed by atoms with E-state index in [9.17, 15) is 9.59 Å². The summed E-state index contributed by atoms with van der Waals surface area (Å²) in [6, 6.07) is 6.86. The molecule has 106 valence electrons. The Bertz CT molecular complexity index is 646. The van der Waals surface area contributed by atoms with Gasteiger partial charge >= 0.3 is 5.97 Å². The maximum Gasteiger partial charge on any atom is 0.341 e. The Kier molecular flexibility index (Phi) is 4.70. The number of rotatable bonds is 6. The molecule has 0 bridgehead atoms. The fourth-order valence-corrected chi connectivity index (χ4v) is 2.73. The minimum Gasteiger partial charge on any atom is -0.477 e. The molecule has 2 aromatic rings. The van der Waals surface area contributed by atoms with E-state index in [1.54, 1.807) is 13.2 Å². The van der Waals surface area contributed by atoms with Crippen molar-refractivity contribution >= 4 is 17.3 Å². The zero-order valence-corrected chi connectivity index (χ0v) is 11.9. The number of aromatic nitrogens is 1. The minimum atomic E-state index is -1.20. The van der Waals surface area contributed by atoms with Gasteiger partial charge in [-0.3, -0.25) is 4.79 Å². The number of ether oxygens (including phenoxy) is 1. The van der Waals surface area contributed by atoms with E-state index in [-0.39, 0.29) is 5.56 Å². The lowest BCUT2D eigenvalue weighted by molar-refractivity contribution is 0.0694. The van der Waals surface area contributed by atoms with Crippen molar-refractivity contribution in [2.24, 2.45) is 0 Å². The molecule has 0 aliphatic rings. The zero-order valence-electron chi connectivity index (χ0n) is 11.0. The predicted molar refractivity (Wildman–Crippen MR) is 77.5 cm³/mol. The van der Waals surface area contributed by atoms with E-state index >= 15 is 0 Å². The molecule has 2 heterocycles.